The van der Waals surface area contributed by atoms with E-state index < -0.39 is 17.8 Å². The molecule has 29 heavy (non-hydrogen) atoms. The van der Waals surface area contributed by atoms with Gasteiger partial charge in [0.15, 0.2) is 0 Å². The Morgan fingerprint density at radius 2 is 1.97 bits per heavy atom. The number of aromatic nitrogens is 2. The minimum absolute atomic E-state index is 0.0603. The Morgan fingerprint density at radius 3 is 2.66 bits per heavy atom. The molecular formula is C21H18N4O4. The molecule has 4 heterocycles. The maximum absolute atomic E-state index is 12.9. The highest BCUT2D eigenvalue weighted by Crippen LogP contribution is 2.23. The average molecular weight is 390 g/mol. The molecule has 0 spiro atoms. The van der Waals surface area contributed by atoms with Crippen LogP contribution in [0.2, 0.25) is 0 Å². The Balaban J connectivity index is 1.71. The predicted octanol–water partition coefficient (Wildman–Crippen LogP) is 2.74. The first-order chi connectivity index (χ1) is 14.0. The van der Waals surface area contributed by atoms with E-state index in [1.54, 1.807) is 18.3 Å². The third-order valence-corrected chi connectivity index (χ3v) is 4.73. The lowest BCUT2D eigenvalue weighted by Gasteiger charge is -2.25. The average Bonchev–Trinajstić information content (AvgIpc) is 3.30. The van der Waals surface area contributed by atoms with Crippen molar-refractivity contribution in [1.29, 1.82) is 0 Å². The zero-order valence-corrected chi connectivity index (χ0v) is 15.9. The first-order valence-corrected chi connectivity index (χ1v) is 8.97. The molecule has 1 aliphatic rings. The van der Waals surface area contributed by atoms with Gasteiger partial charge in [-0.3, -0.25) is 19.8 Å². The zero-order chi connectivity index (χ0) is 20.5. The summed E-state index contributed by atoms with van der Waals surface area (Å²) in [6.07, 6.45) is 4.65. The molecular weight excluding hydrogens is 372 g/mol. The summed E-state index contributed by atoms with van der Waals surface area (Å²) in [5.74, 6) is -0.215. The van der Waals surface area contributed by atoms with Crippen molar-refractivity contribution in [3.05, 3.63) is 77.1 Å². The summed E-state index contributed by atoms with van der Waals surface area (Å²) in [5.41, 5.74) is 2.31. The van der Waals surface area contributed by atoms with Crippen molar-refractivity contribution in [1.82, 2.24) is 19.8 Å². The largest absolute Gasteiger partial charge is 0.467 e. The Labute approximate surface area is 166 Å². The molecule has 8 heteroatoms. The van der Waals surface area contributed by atoms with Crippen LogP contribution in [0, 0.1) is 13.8 Å². The van der Waals surface area contributed by atoms with Gasteiger partial charge in [-0.25, -0.2) is 9.78 Å². The number of pyridine rings is 1. The molecule has 0 bridgehead atoms. The molecule has 0 aromatic carbocycles. The molecule has 0 unspecified atom stereocenters. The number of rotatable bonds is 4. The first kappa shape index (κ1) is 18.4. The molecule has 0 aliphatic carbocycles. The summed E-state index contributed by atoms with van der Waals surface area (Å²) < 4.78 is 7.15. The Morgan fingerprint density at radius 1 is 1.14 bits per heavy atom. The molecule has 1 N–H and O–H groups in total. The van der Waals surface area contributed by atoms with Crippen LogP contribution in [0.5, 0.6) is 0 Å². The van der Waals surface area contributed by atoms with E-state index in [0.717, 1.165) is 22.1 Å². The number of hydrogen-bond donors (Lipinski definition) is 1. The molecule has 3 aromatic heterocycles. The summed E-state index contributed by atoms with van der Waals surface area (Å²) >= 11 is 0. The second-order valence-electron chi connectivity index (χ2n) is 6.64. The maximum Gasteiger partial charge on any atom is 0.331 e. The summed E-state index contributed by atoms with van der Waals surface area (Å²) in [7, 11) is 0. The van der Waals surface area contributed by atoms with Crippen LogP contribution in [0.15, 0.2) is 58.8 Å². The van der Waals surface area contributed by atoms with Crippen LogP contribution in [-0.4, -0.2) is 32.3 Å². The van der Waals surface area contributed by atoms with Gasteiger partial charge >= 0.3 is 6.03 Å². The van der Waals surface area contributed by atoms with Gasteiger partial charge in [0.2, 0.25) is 0 Å². The number of aryl methyl sites for hydroxylation is 1. The van der Waals surface area contributed by atoms with Crippen LogP contribution in [0.4, 0.5) is 4.79 Å². The van der Waals surface area contributed by atoms with E-state index in [0.29, 0.717) is 11.3 Å². The van der Waals surface area contributed by atoms with Gasteiger partial charge in [-0.15, -0.1) is 0 Å². The van der Waals surface area contributed by atoms with E-state index in [1.165, 1.54) is 12.3 Å². The fourth-order valence-corrected chi connectivity index (χ4v) is 3.32. The van der Waals surface area contributed by atoms with Crippen molar-refractivity contribution in [3.63, 3.8) is 0 Å². The quantitative estimate of drug-likeness (QED) is 0.546. The normalized spacial score (nSPS) is 15.9. The van der Waals surface area contributed by atoms with Crippen molar-refractivity contribution < 1.29 is 18.8 Å². The molecule has 1 saturated heterocycles. The van der Waals surface area contributed by atoms with Crippen LogP contribution < -0.4 is 5.32 Å². The highest BCUT2D eigenvalue weighted by Gasteiger charge is 2.36. The summed E-state index contributed by atoms with van der Waals surface area (Å²) in [6, 6.07) is 10.00. The summed E-state index contributed by atoms with van der Waals surface area (Å²) in [6.45, 7) is 3.74. The molecule has 1 aliphatic heterocycles. The van der Waals surface area contributed by atoms with E-state index in [-0.39, 0.29) is 12.1 Å². The van der Waals surface area contributed by atoms with Gasteiger partial charge in [-0.2, -0.15) is 0 Å². The first-order valence-electron chi connectivity index (χ1n) is 8.97. The van der Waals surface area contributed by atoms with Crippen molar-refractivity contribution in [2.45, 2.75) is 20.4 Å². The lowest BCUT2D eigenvalue weighted by molar-refractivity contribution is -0.130. The molecule has 3 aromatic rings. The number of imide groups is 2. The summed E-state index contributed by atoms with van der Waals surface area (Å²) in [4.78, 5) is 42.7. The Bertz CT molecular complexity index is 1130. The van der Waals surface area contributed by atoms with Gasteiger partial charge in [0.1, 0.15) is 17.2 Å². The lowest BCUT2D eigenvalue weighted by Crippen LogP contribution is -2.53. The van der Waals surface area contributed by atoms with Gasteiger partial charge in [0.25, 0.3) is 11.8 Å². The SMILES string of the molecule is Cc1cc(/C=C2\C(=O)NC(=O)N(Cc3ccco3)C2=O)c(C)n1-c1ccccn1. The van der Waals surface area contributed by atoms with Gasteiger partial charge in [-0.05, 0) is 55.8 Å². The van der Waals surface area contributed by atoms with Crippen molar-refractivity contribution in [3.8, 4) is 5.82 Å². The van der Waals surface area contributed by atoms with Crippen LogP contribution in [-0.2, 0) is 16.1 Å². The maximum atomic E-state index is 12.9. The highest BCUT2D eigenvalue weighted by atomic mass is 16.3. The minimum Gasteiger partial charge on any atom is -0.467 e. The molecule has 8 nitrogen and oxygen atoms in total. The van der Waals surface area contributed by atoms with Crippen molar-refractivity contribution >= 4 is 23.9 Å². The van der Waals surface area contributed by atoms with Crippen LogP contribution in [0.25, 0.3) is 11.9 Å². The minimum atomic E-state index is -0.771. The number of carbonyl (C=O) groups excluding carboxylic acids is 3. The van der Waals surface area contributed by atoms with Gasteiger partial charge < -0.3 is 8.98 Å². The summed E-state index contributed by atoms with van der Waals surface area (Å²) in [5, 5.41) is 2.21. The topological polar surface area (TPSA) is 97.4 Å². The second-order valence-corrected chi connectivity index (χ2v) is 6.64. The molecule has 4 rings (SSSR count). The standard InChI is InChI=1S/C21H18N4O4/c1-13-10-15(14(2)25(13)18-7-3-4-8-22-18)11-17-19(26)23-21(28)24(20(17)27)12-16-6-5-9-29-16/h3-11H,12H2,1-2H3,(H,23,26,28)/b17-11+. The van der Waals surface area contributed by atoms with E-state index in [1.807, 2.05) is 42.7 Å². The third kappa shape index (κ3) is 3.36. The van der Waals surface area contributed by atoms with Crippen LogP contribution in [0.3, 0.4) is 0 Å². The number of urea groups is 1. The van der Waals surface area contributed by atoms with Crippen molar-refractivity contribution in [2.24, 2.45) is 0 Å². The smallest absolute Gasteiger partial charge is 0.331 e. The molecule has 146 valence electrons. The lowest BCUT2D eigenvalue weighted by atomic mass is 10.1. The van der Waals surface area contributed by atoms with Crippen molar-refractivity contribution in [2.75, 3.05) is 0 Å². The monoisotopic (exact) mass is 390 g/mol. The van der Waals surface area contributed by atoms with Crippen LogP contribution >= 0.6 is 0 Å². The van der Waals surface area contributed by atoms with Crippen LogP contribution in [0.1, 0.15) is 22.7 Å². The van der Waals surface area contributed by atoms with E-state index in [2.05, 4.69) is 10.3 Å². The van der Waals surface area contributed by atoms with E-state index in [9.17, 15) is 14.4 Å². The fraction of sp³-hybridized carbons (Fsp3) is 0.143. The molecule has 0 atom stereocenters. The number of barbiturate groups is 1. The number of carbonyl (C=O) groups is 3. The Kier molecular flexibility index (Phi) is 4.59. The van der Waals surface area contributed by atoms with Gasteiger partial charge in [0.05, 0.1) is 12.8 Å². The van der Waals surface area contributed by atoms with Gasteiger partial charge in [-0.1, -0.05) is 6.07 Å². The van der Waals surface area contributed by atoms with E-state index >= 15 is 0 Å². The number of hydrogen-bond acceptors (Lipinski definition) is 5. The fourth-order valence-electron chi connectivity index (χ4n) is 3.32. The Hall–Kier alpha value is -3.94. The molecule has 0 radical (unpaired) electrons. The zero-order valence-electron chi connectivity index (χ0n) is 15.9. The number of amides is 4. The molecule has 0 saturated carbocycles. The molecule has 4 amide bonds. The highest BCUT2D eigenvalue weighted by molar-refractivity contribution is 6.31. The second kappa shape index (κ2) is 7.23. The third-order valence-electron chi connectivity index (χ3n) is 4.73. The number of nitrogens with one attached hydrogen (secondary N) is 1. The number of furan rings is 1. The van der Waals surface area contributed by atoms with E-state index in [4.69, 9.17) is 4.42 Å². The van der Waals surface area contributed by atoms with Gasteiger partial charge in [0, 0.05) is 17.6 Å². The predicted molar refractivity (Wildman–Crippen MR) is 104 cm³/mol. The number of nitrogens with zero attached hydrogens (tertiary/aromatic N) is 3. The molecule has 1 fully saturated rings.